The molecule has 5 nitrogen and oxygen atoms in total. The highest BCUT2D eigenvalue weighted by Gasteiger charge is 2.23. The van der Waals surface area contributed by atoms with Gasteiger partial charge in [0.05, 0.1) is 6.61 Å². The summed E-state index contributed by atoms with van der Waals surface area (Å²) in [4.78, 5) is 6.68. The molecule has 0 spiro atoms. The fourth-order valence-corrected chi connectivity index (χ4v) is 4.37. The van der Waals surface area contributed by atoms with Crippen LogP contribution in [0.25, 0.3) is 0 Å². The standard InChI is InChI=1S/C24H30F2N4O.HI/c1-27-24(28-15-18-10-13-31-23-5-3-2-4-20(18)23)29-19-8-11-30(12-9-19)16-17-6-7-21(25)22(26)14-17;/h2-7,14,18-19H,8-13,15-16H2,1H3,(H2,27,28,29);1H. The highest BCUT2D eigenvalue weighted by molar-refractivity contribution is 14.0. The van der Waals surface area contributed by atoms with Gasteiger partial charge in [-0.05, 0) is 48.6 Å². The summed E-state index contributed by atoms with van der Waals surface area (Å²) in [5, 5.41) is 7.02. The Balaban J connectivity index is 0.00000289. The summed E-state index contributed by atoms with van der Waals surface area (Å²) in [6.45, 7) is 4.00. The molecule has 0 aliphatic carbocycles. The summed E-state index contributed by atoms with van der Waals surface area (Å²) in [6, 6.07) is 12.7. The van der Waals surface area contributed by atoms with Crippen molar-refractivity contribution in [1.82, 2.24) is 15.5 Å². The molecule has 1 unspecified atom stereocenters. The number of fused-ring (bicyclic) bond motifs is 1. The first kappa shape index (κ1) is 24.7. The second kappa shape index (κ2) is 11.8. The fraction of sp³-hybridized carbons (Fsp3) is 0.458. The van der Waals surface area contributed by atoms with E-state index in [1.54, 1.807) is 13.1 Å². The maximum atomic E-state index is 13.4. The number of guanidine groups is 1. The Hall–Kier alpha value is -1.94. The zero-order chi connectivity index (χ0) is 21.6. The monoisotopic (exact) mass is 556 g/mol. The van der Waals surface area contributed by atoms with Crippen LogP contribution < -0.4 is 15.4 Å². The number of hydrogen-bond acceptors (Lipinski definition) is 3. The fourth-order valence-electron chi connectivity index (χ4n) is 4.37. The van der Waals surface area contributed by atoms with Gasteiger partial charge in [-0.25, -0.2) is 8.78 Å². The highest BCUT2D eigenvalue weighted by atomic mass is 127. The number of aliphatic imine (C=N–C) groups is 1. The third kappa shape index (κ3) is 6.31. The molecule has 2 aliphatic heterocycles. The molecule has 4 rings (SSSR count). The molecule has 1 saturated heterocycles. The number of benzene rings is 2. The van der Waals surface area contributed by atoms with Crippen LogP contribution in [0.4, 0.5) is 8.78 Å². The number of piperidine rings is 1. The smallest absolute Gasteiger partial charge is 0.191 e. The predicted octanol–water partition coefficient (Wildman–Crippen LogP) is 4.28. The average molecular weight is 556 g/mol. The summed E-state index contributed by atoms with van der Waals surface area (Å²) in [6.07, 6.45) is 2.94. The number of nitrogens with zero attached hydrogens (tertiary/aromatic N) is 2. The van der Waals surface area contributed by atoms with Gasteiger partial charge in [0, 0.05) is 45.2 Å². The van der Waals surface area contributed by atoms with E-state index < -0.39 is 11.6 Å². The lowest BCUT2D eigenvalue weighted by molar-refractivity contribution is 0.198. The summed E-state index contributed by atoms with van der Waals surface area (Å²) in [7, 11) is 1.80. The second-order valence-corrected chi connectivity index (χ2v) is 8.27. The number of ether oxygens (including phenoxy) is 1. The molecule has 2 aliphatic rings. The second-order valence-electron chi connectivity index (χ2n) is 8.27. The van der Waals surface area contributed by atoms with Crippen molar-refractivity contribution in [1.29, 1.82) is 0 Å². The molecule has 32 heavy (non-hydrogen) atoms. The van der Waals surface area contributed by atoms with Crippen molar-refractivity contribution < 1.29 is 13.5 Å². The lowest BCUT2D eigenvalue weighted by Gasteiger charge is -2.33. The van der Waals surface area contributed by atoms with E-state index in [0.29, 0.717) is 18.5 Å². The predicted molar refractivity (Wildman–Crippen MR) is 134 cm³/mol. The summed E-state index contributed by atoms with van der Waals surface area (Å²) >= 11 is 0. The minimum atomic E-state index is -0.796. The van der Waals surface area contributed by atoms with E-state index in [1.165, 1.54) is 17.7 Å². The Labute approximate surface area is 205 Å². The summed E-state index contributed by atoms with van der Waals surface area (Å²) in [5.41, 5.74) is 2.06. The van der Waals surface area contributed by atoms with Gasteiger partial charge in [-0.1, -0.05) is 24.3 Å². The lowest BCUT2D eigenvalue weighted by Crippen LogP contribution is -2.49. The molecule has 0 saturated carbocycles. The van der Waals surface area contributed by atoms with Gasteiger partial charge in [0.15, 0.2) is 17.6 Å². The van der Waals surface area contributed by atoms with Gasteiger partial charge in [-0.15, -0.1) is 24.0 Å². The Morgan fingerprint density at radius 3 is 2.62 bits per heavy atom. The molecule has 2 N–H and O–H groups in total. The topological polar surface area (TPSA) is 48.9 Å². The molecule has 174 valence electrons. The molecule has 0 bridgehead atoms. The van der Waals surface area contributed by atoms with Crippen LogP contribution in [0.3, 0.4) is 0 Å². The van der Waals surface area contributed by atoms with Gasteiger partial charge in [-0.2, -0.15) is 0 Å². The van der Waals surface area contributed by atoms with Gasteiger partial charge >= 0.3 is 0 Å². The molecule has 1 fully saturated rings. The van der Waals surface area contributed by atoms with Crippen molar-refractivity contribution in [3.8, 4) is 5.75 Å². The van der Waals surface area contributed by atoms with Crippen molar-refractivity contribution in [2.45, 2.75) is 37.8 Å². The maximum Gasteiger partial charge on any atom is 0.191 e. The third-order valence-electron chi connectivity index (χ3n) is 6.14. The zero-order valence-corrected chi connectivity index (χ0v) is 20.7. The number of likely N-dealkylation sites (tertiary alicyclic amines) is 1. The molecule has 2 heterocycles. The number of hydrogen-bond donors (Lipinski definition) is 2. The highest BCUT2D eigenvalue weighted by Crippen LogP contribution is 2.32. The Kier molecular flexibility index (Phi) is 9.10. The van der Waals surface area contributed by atoms with Crippen LogP contribution in [0.5, 0.6) is 5.75 Å². The Bertz CT molecular complexity index is 919. The molecule has 2 aromatic rings. The van der Waals surface area contributed by atoms with Crippen molar-refractivity contribution in [3.05, 3.63) is 65.2 Å². The van der Waals surface area contributed by atoms with Crippen LogP contribution in [0.1, 0.15) is 36.3 Å². The van der Waals surface area contributed by atoms with E-state index in [4.69, 9.17) is 4.74 Å². The summed E-state index contributed by atoms with van der Waals surface area (Å²) in [5.74, 6) is 0.632. The molecule has 0 aromatic heterocycles. The van der Waals surface area contributed by atoms with E-state index >= 15 is 0 Å². The average Bonchev–Trinajstić information content (AvgIpc) is 2.80. The van der Waals surface area contributed by atoms with E-state index in [0.717, 1.165) is 62.8 Å². The van der Waals surface area contributed by atoms with Crippen LogP contribution in [-0.2, 0) is 6.54 Å². The maximum absolute atomic E-state index is 13.4. The quantitative estimate of drug-likeness (QED) is 0.328. The van der Waals surface area contributed by atoms with Gasteiger partial charge in [0.1, 0.15) is 5.75 Å². The van der Waals surface area contributed by atoms with Crippen LogP contribution >= 0.6 is 24.0 Å². The number of rotatable bonds is 5. The first-order valence-corrected chi connectivity index (χ1v) is 11.0. The van der Waals surface area contributed by atoms with Crippen LogP contribution in [0.15, 0.2) is 47.5 Å². The van der Waals surface area contributed by atoms with Crippen molar-refractivity contribution in [2.24, 2.45) is 4.99 Å². The molecule has 2 aromatic carbocycles. The molecule has 0 radical (unpaired) electrons. The number of nitrogens with one attached hydrogen (secondary N) is 2. The molecular formula is C24H31F2IN4O. The number of halogens is 3. The van der Waals surface area contributed by atoms with Gasteiger partial charge < -0.3 is 15.4 Å². The minimum Gasteiger partial charge on any atom is -0.493 e. The van der Waals surface area contributed by atoms with Crippen molar-refractivity contribution >= 4 is 29.9 Å². The zero-order valence-electron chi connectivity index (χ0n) is 18.3. The molecule has 0 amide bonds. The largest absolute Gasteiger partial charge is 0.493 e. The first-order chi connectivity index (χ1) is 15.1. The van der Waals surface area contributed by atoms with Crippen molar-refractivity contribution in [2.75, 3.05) is 33.3 Å². The molecule has 8 heteroatoms. The normalized spacial score (nSPS) is 19.5. The molecule has 1 atom stereocenters. The summed E-state index contributed by atoms with van der Waals surface area (Å²) < 4.78 is 32.3. The van der Waals surface area contributed by atoms with Crippen LogP contribution in [0.2, 0.25) is 0 Å². The van der Waals surface area contributed by atoms with Gasteiger partial charge in [-0.3, -0.25) is 9.89 Å². The SMILES string of the molecule is CN=C(NCC1CCOc2ccccc21)NC1CCN(Cc2ccc(F)c(F)c2)CC1.I. The Morgan fingerprint density at radius 1 is 1.09 bits per heavy atom. The molecular weight excluding hydrogens is 525 g/mol. The first-order valence-electron chi connectivity index (χ1n) is 11.0. The van der Waals surface area contributed by atoms with E-state index in [2.05, 4.69) is 32.7 Å². The lowest BCUT2D eigenvalue weighted by atomic mass is 9.93. The number of para-hydroxylation sites is 1. The van der Waals surface area contributed by atoms with Crippen LogP contribution in [-0.4, -0.2) is 50.2 Å². The Morgan fingerprint density at radius 2 is 1.88 bits per heavy atom. The van der Waals surface area contributed by atoms with Crippen molar-refractivity contribution in [3.63, 3.8) is 0 Å². The third-order valence-corrected chi connectivity index (χ3v) is 6.14. The van der Waals surface area contributed by atoms with Gasteiger partial charge in [0.25, 0.3) is 0 Å². The van der Waals surface area contributed by atoms with E-state index in [9.17, 15) is 8.78 Å². The van der Waals surface area contributed by atoms with Gasteiger partial charge in [0.2, 0.25) is 0 Å². The van der Waals surface area contributed by atoms with Crippen LogP contribution in [0, 0.1) is 11.6 Å². The van der Waals surface area contributed by atoms with E-state index in [-0.39, 0.29) is 24.0 Å². The van der Waals surface area contributed by atoms with E-state index in [1.807, 2.05) is 12.1 Å². The minimum absolute atomic E-state index is 0.